The van der Waals surface area contributed by atoms with Crippen LogP contribution >= 0.6 is 0 Å². The number of carbonyl (C=O) groups excluding carboxylic acids is 1. The third-order valence-corrected chi connectivity index (χ3v) is 4.00. The highest BCUT2D eigenvalue weighted by molar-refractivity contribution is 5.67. The minimum absolute atomic E-state index is 0.198. The molecule has 2 fully saturated rings. The van der Waals surface area contributed by atoms with E-state index in [4.69, 9.17) is 9.47 Å². The first-order chi connectivity index (χ1) is 9.16. The van der Waals surface area contributed by atoms with E-state index in [0.29, 0.717) is 0 Å². The molecule has 110 valence electrons. The Morgan fingerprint density at radius 3 is 2.26 bits per heavy atom. The molecule has 1 heterocycles. The van der Waals surface area contributed by atoms with Gasteiger partial charge < -0.3 is 14.4 Å². The van der Waals surface area contributed by atoms with Crippen LogP contribution in [0, 0.1) is 5.92 Å². The average molecular weight is 269 g/mol. The fourth-order valence-electron chi connectivity index (χ4n) is 2.79. The quantitative estimate of drug-likeness (QED) is 0.733. The van der Waals surface area contributed by atoms with Crippen molar-refractivity contribution in [3.05, 3.63) is 0 Å². The Morgan fingerprint density at radius 2 is 1.68 bits per heavy atom. The van der Waals surface area contributed by atoms with Crippen molar-refractivity contribution in [2.45, 2.75) is 71.2 Å². The zero-order valence-electron chi connectivity index (χ0n) is 12.3. The van der Waals surface area contributed by atoms with E-state index in [2.05, 4.69) is 0 Å². The van der Waals surface area contributed by atoms with Crippen LogP contribution in [0.3, 0.4) is 0 Å². The summed E-state index contributed by atoms with van der Waals surface area (Å²) in [6.07, 6.45) is 7.75. The molecule has 4 nitrogen and oxygen atoms in total. The van der Waals surface area contributed by atoms with E-state index >= 15 is 0 Å². The summed E-state index contributed by atoms with van der Waals surface area (Å²) in [6.45, 7) is 5.74. The standard InChI is InChI=1S/C15H27NO3/c1-12(2)14(18-13-8-4-5-9-13)19-15(17)16-10-6-3-7-11-16/h12-14H,3-11H2,1-2H3. The van der Waals surface area contributed by atoms with E-state index in [1.165, 1.54) is 19.3 Å². The van der Waals surface area contributed by atoms with Gasteiger partial charge in [-0.2, -0.15) is 0 Å². The average Bonchev–Trinajstić information content (AvgIpc) is 2.91. The largest absolute Gasteiger partial charge is 0.419 e. The molecule has 2 rings (SSSR count). The summed E-state index contributed by atoms with van der Waals surface area (Å²) in [5.41, 5.74) is 0. The van der Waals surface area contributed by atoms with Gasteiger partial charge in [0.2, 0.25) is 6.29 Å². The van der Waals surface area contributed by atoms with Gasteiger partial charge in [-0.3, -0.25) is 0 Å². The van der Waals surface area contributed by atoms with Gasteiger partial charge in [0.05, 0.1) is 6.10 Å². The van der Waals surface area contributed by atoms with Crippen LogP contribution in [-0.4, -0.2) is 36.5 Å². The fraction of sp³-hybridized carbons (Fsp3) is 0.933. The van der Waals surface area contributed by atoms with Crippen LogP contribution in [0.1, 0.15) is 58.8 Å². The Labute approximate surface area is 116 Å². The van der Waals surface area contributed by atoms with Crippen LogP contribution < -0.4 is 0 Å². The van der Waals surface area contributed by atoms with E-state index in [-0.39, 0.29) is 18.1 Å². The van der Waals surface area contributed by atoms with E-state index in [1.807, 2.05) is 18.7 Å². The molecule has 0 aromatic heterocycles. The van der Waals surface area contributed by atoms with Crippen LogP contribution in [0.2, 0.25) is 0 Å². The number of ether oxygens (including phenoxy) is 2. The Morgan fingerprint density at radius 1 is 1.05 bits per heavy atom. The van der Waals surface area contributed by atoms with Gasteiger partial charge in [-0.1, -0.05) is 26.7 Å². The number of piperidine rings is 1. The molecule has 0 aromatic carbocycles. The number of carbonyl (C=O) groups is 1. The first kappa shape index (κ1) is 14.6. The SMILES string of the molecule is CC(C)C(OC(=O)N1CCCCC1)OC1CCCC1. The number of hydrogen-bond acceptors (Lipinski definition) is 3. The first-order valence-electron chi connectivity index (χ1n) is 7.78. The van der Waals surface area contributed by atoms with Crippen molar-refractivity contribution in [2.75, 3.05) is 13.1 Å². The molecule has 1 saturated carbocycles. The van der Waals surface area contributed by atoms with Gasteiger partial charge in [0.15, 0.2) is 0 Å². The highest BCUT2D eigenvalue weighted by Gasteiger charge is 2.27. The summed E-state index contributed by atoms with van der Waals surface area (Å²) in [4.78, 5) is 13.9. The maximum atomic E-state index is 12.1. The van der Waals surface area contributed by atoms with Gasteiger partial charge in [-0.15, -0.1) is 0 Å². The van der Waals surface area contributed by atoms with E-state index in [1.54, 1.807) is 0 Å². The molecule has 1 aliphatic heterocycles. The van der Waals surface area contributed by atoms with Crippen LogP contribution in [-0.2, 0) is 9.47 Å². The maximum Gasteiger partial charge on any atom is 0.412 e. The molecule has 19 heavy (non-hydrogen) atoms. The normalized spacial score (nSPS) is 22.8. The van der Waals surface area contributed by atoms with Gasteiger partial charge >= 0.3 is 6.09 Å². The summed E-state index contributed by atoms with van der Waals surface area (Å²) in [5, 5.41) is 0. The van der Waals surface area contributed by atoms with Crippen LogP contribution in [0.5, 0.6) is 0 Å². The van der Waals surface area contributed by atoms with Crippen molar-refractivity contribution >= 4 is 6.09 Å². The van der Waals surface area contributed by atoms with E-state index in [9.17, 15) is 4.79 Å². The Kier molecular flexibility index (Phi) is 5.49. The Hall–Kier alpha value is -0.770. The topological polar surface area (TPSA) is 38.8 Å². The Bertz CT molecular complexity index is 281. The van der Waals surface area contributed by atoms with Gasteiger partial charge in [0, 0.05) is 19.0 Å². The van der Waals surface area contributed by atoms with E-state index in [0.717, 1.165) is 38.8 Å². The smallest absolute Gasteiger partial charge is 0.412 e. The lowest BCUT2D eigenvalue weighted by Gasteiger charge is -2.30. The van der Waals surface area contributed by atoms with Gasteiger partial charge in [0.1, 0.15) is 0 Å². The lowest BCUT2D eigenvalue weighted by atomic mass is 10.1. The molecule has 0 N–H and O–H groups in total. The predicted molar refractivity (Wildman–Crippen MR) is 73.9 cm³/mol. The second kappa shape index (κ2) is 7.13. The zero-order chi connectivity index (χ0) is 13.7. The minimum Gasteiger partial charge on any atom is -0.419 e. The second-order valence-electron chi connectivity index (χ2n) is 6.09. The van der Waals surface area contributed by atoms with Crippen molar-refractivity contribution < 1.29 is 14.3 Å². The third-order valence-electron chi connectivity index (χ3n) is 4.00. The van der Waals surface area contributed by atoms with Crippen molar-refractivity contribution in [2.24, 2.45) is 5.92 Å². The number of amides is 1. The molecule has 0 spiro atoms. The first-order valence-corrected chi connectivity index (χ1v) is 7.78. The van der Waals surface area contributed by atoms with Gasteiger partial charge in [0.25, 0.3) is 0 Å². The lowest BCUT2D eigenvalue weighted by Crippen LogP contribution is -2.40. The number of rotatable bonds is 4. The summed E-state index contributed by atoms with van der Waals surface area (Å²) >= 11 is 0. The highest BCUT2D eigenvalue weighted by atomic mass is 16.7. The molecular weight excluding hydrogens is 242 g/mol. The minimum atomic E-state index is -0.391. The summed E-state index contributed by atoms with van der Waals surface area (Å²) in [5.74, 6) is 0.203. The van der Waals surface area contributed by atoms with Crippen LogP contribution in [0.25, 0.3) is 0 Å². The van der Waals surface area contributed by atoms with Crippen LogP contribution in [0.4, 0.5) is 4.79 Å². The molecule has 0 radical (unpaired) electrons. The second-order valence-corrected chi connectivity index (χ2v) is 6.09. The molecule has 0 bridgehead atoms. The molecule has 1 atom stereocenters. The lowest BCUT2D eigenvalue weighted by molar-refractivity contribution is -0.163. The summed E-state index contributed by atoms with van der Waals surface area (Å²) < 4.78 is 11.5. The van der Waals surface area contributed by atoms with E-state index < -0.39 is 6.29 Å². The third kappa shape index (κ3) is 4.37. The summed E-state index contributed by atoms with van der Waals surface area (Å²) in [6, 6.07) is 0. The predicted octanol–water partition coefficient (Wildman–Crippen LogP) is 3.55. The Balaban J connectivity index is 1.82. The molecule has 4 heteroatoms. The molecule has 1 amide bonds. The summed E-state index contributed by atoms with van der Waals surface area (Å²) in [7, 11) is 0. The fourth-order valence-corrected chi connectivity index (χ4v) is 2.79. The molecule has 1 unspecified atom stereocenters. The molecule has 0 aromatic rings. The van der Waals surface area contributed by atoms with Gasteiger partial charge in [-0.05, 0) is 32.1 Å². The number of hydrogen-bond donors (Lipinski definition) is 0. The van der Waals surface area contributed by atoms with Crippen LogP contribution in [0.15, 0.2) is 0 Å². The highest BCUT2D eigenvalue weighted by Crippen LogP contribution is 2.25. The number of nitrogens with zero attached hydrogens (tertiary/aromatic N) is 1. The molecule has 1 saturated heterocycles. The van der Waals surface area contributed by atoms with Crippen molar-refractivity contribution in [1.29, 1.82) is 0 Å². The van der Waals surface area contributed by atoms with Crippen molar-refractivity contribution in [3.8, 4) is 0 Å². The molecule has 2 aliphatic rings. The number of likely N-dealkylation sites (tertiary alicyclic amines) is 1. The monoisotopic (exact) mass is 269 g/mol. The molecule has 1 aliphatic carbocycles. The van der Waals surface area contributed by atoms with Gasteiger partial charge in [-0.25, -0.2) is 4.79 Å². The van der Waals surface area contributed by atoms with Crippen molar-refractivity contribution in [3.63, 3.8) is 0 Å². The zero-order valence-corrected chi connectivity index (χ0v) is 12.3. The van der Waals surface area contributed by atoms with Crippen molar-refractivity contribution in [1.82, 2.24) is 4.90 Å². The maximum absolute atomic E-state index is 12.1. The molecular formula is C15H27NO3.